The minimum absolute atomic E-state index is 0.0453. The van der Waals surface area contributed by atoms with Gasteiger partial charge < -0.3 is 10.1 Å². The molecule has 0 radical (unpaired) electrons. The largest absolute Gasteiger partial charge is 0.573 e. The standard InChI is InChI=1S/C29H26F3N3O2/c30-29(31,32)37-24-13-10-20(11-14-24)25-6-2-3-7-26(25)28(36)34-22-15-17-35(18-16-22)19-23-12-9-21-5-1-4-8-27(21)33-23/h1-14,22H,15-19H2,(H,34,36). The number of alkyl halides is 3. The number of rotatable bonds is 6. The summed E-state index contributed by atoms with van der Waals surface area (Å²) >= 11 is 0. The number of fused-ring (bicyclic) bond motifs is 1. The van der Waals surface area contributed by atoms with Crippen molar-refractivity contribution in [1.29, 1.82) is 0 Å². The number of pyridine rings is 1. The predicted octanol–water partition coefficient (Wildman–Crippen LogP) is 6.19. The van der Waals surface area contributed by atoms with Crippen LogP contribution in [-0.2, 0) is 6.54 Å². The third-order valence-corrected chi connectivity index (χ3v) is 6.54. The van der Waals surface area contributed by atoms with Gasteiger partial charge >= 0.3 is 6.36 Å². The minimum Gasteiger partial charge on any atom is -0.406 e. The molecule has 5 nitrogen and oxygen atoms in total. The molecule has 0 spiro atoms. The summed E-state index contributed by atoms with van der Waals surface area (Å²) in [6.07, 6.45) is -3.10. The molecule has 0 aliphatic carbocycles. The number of piperidine rings is 1. The summed E-state index contributed by atoms with van der Waals surface area (Å²) in [5, 5.41) is 4.27. The smallest absolute Gasteiger partial charge is 0.406 e. The molecule has 1 N–H and O–H groups in total. The minimum atomic E-state index is -4.75. The first-order valence-corrected chi connectivity index (χ1v) is 12.2. The molecule has 1 aliphatic rings. The van der Waals surface area contributed by atoms with Crippen molar-refractivity contribution in [2.45, 2.75) is 31.8 Å². The van der Waals surface area contributed by atoms with Crippen LogP contribution in [0.4, 0.5) is 13.2 Å². The summed E-state index contributed by atoms with van der Waals surface area (Å²) in [5.74, 6) is -0.496. The van der Waals surface area contributed by atoms with E-state index in [1.807, 2.05) is 18.2 Å². The van der Waals surface area contributed by atoms with E-state index in [1.165, 1.54) is 24.3 Å². The van der Waals surface area contributed by atoms with Crippen molar-refractivity contribution in [2.24, 2.45) is 0 Å². The van der Waals surface area contributed by atoms with Crippen molar-refractivity contribution < 1.29 is 22.7 Å². The number of nitrogens with zero attached hydrogens (tertiary/aromatic N) is 2. The topological polar surface area (TPSA) is 54.5 Å². The van der Waals surface area contributed by atoms with E-state index in [0.29, 0.717) is 16.7 Å². The predicted molar refractivity (Wildman–Crippen MR) is 136 cm³/mol. The molecule has 1 fully saturated rings. The van der Waals surface area contributed by atoms with Crippen LogP contribution in [0.5, 0.6) is 5.75 Å². The Morgan fingerprint density at radius 1 is 0.919 bits per heavy atom. The monoisotopic (exact) mass is 505 g/mol. The molecule has 4 aromatic rings. The molecule has 2 heterocycles. The Morgan fingerprint density at radius 3 is 2.38 bits per heavy atom. The molecule has 1 amide bonds. The van der Waals surface area contributed by atoms with Crippen LogP contribution in [0.15, 0.2) is 84.9 Å². The van der Waals surface area contributed by atoms with Gasteiger partial charge in [-0.05, 0) is 54.3 Å². The van der Waals surface area contributed by atoms with Crippen LogP contribution in [-0.4, -0.2) is 41.3 Å². The lowest BCUT2D eigenvalue weighted by atomic mass is 9.98. The van der Waals surface area contributed by atoms with E-state index in [0.717, 1.165) is 49.1 Å². The van der Waals surface area contributed by atoms with Crippen molar-refractivity contribution in [3.8, 4) is 16.9 Å². The van der Waals surface area contributed by atoms with Crippen LogP contribution >= 0.6 is 0 Å². The molecule has 1 aromatic heterocycles. The second-order valence-electron chi connectivity index (χ2n) is 9.14. The molecule has 37 heavy (non-hydrogen) atoms. The Hall–Kier alpha value is -3.91. The maximum absolute atomic E-state index is 13.2. The number of likely N-dealkylation sites (tertiary alicyclic amines) is 1. The Kier molecular flexibility index (Phi) is 7.10. The molecule has 8 heteroatoms. The van der Waals surface area contributed by atoms with Gasteiger partial charge in [-0.1, -0.05) is 54.6 Å². The summed E-state index contributed by atoms with van der Waals surface area (Å²) in [7, 11) is 0. The quantitative estimate of drug-likeness (QED) is 0.339. The van der Waals surface area contributed by atoms with E-state index in [9.17, 15) is 18.0 Å². The van der Waals surface area contributed by atoms with Crippen molar-refractivity contribution >= 4 is 16.8 Å². The first kappa shape index (κ1) is 24.8. The number of hydrogen-bond donors (Lipinski definition) is 1. The van der Waals surface area contributed by atoms with Gasteiger partial charge in [0.2, 0.25) is 0 Å². The highest BCUT2D eigenvalue weighted by Gasteiger charge is 2.31. The average Bonchev–Trinajstić information content (AvgIpc) is 2.89. The molecular formula is C29H26F3N3O2. The fourth-order valence-electron chi connectivity index (χ4n) is 4.69. The molecule has 5 rings (SSSR count). The third-order valence-electron chi connectivity index (χ3n) is 6.54. The number of amides is 1. The molecule has 190 valence electrons. The lowest BCUT2D eigenvalue weighted by molar-refractivity contribution is -0.274. The molecule has 0 atom stereocenters. The van der Waals surface area contributed by atoms with Crippen molar-refractivity contribution in [1.82, 2.24) is 15.2 Å². The van der Waals surface area contributed by atoms with E-state index in [1.54, 1.807) is 24.3 Å². The van der Waals surface area contributed by atoms with E-state index in [-0.39, 0.29) is 17.7 Å². The number of nitrogens with one attached hydrogen (secondary N) is 1. The third kappa shape index (κ3) is 6.27. The summed E-state index contributed by atoms with van der Waals surface area (Å²) in [4.78, 5) is 20.3. The maximum Gasteiger partial charge on any atom is 0.573 e. The molecule has 1 saturated heterocycles. The van der Waals surface area contributed by atoms with Gasteiger partial charge in [-0.15, -0.1) is 13.2 Å². The number of ether oxygens (including phenoxy) is 1. The first-order chi connectivity index (χ1) is 17.8. The zero-order chi connectivity index (χ0) is 25.8. The fraction of sp³-hybridized carbons (Fsp3) is 0.241. The zero-order valence-electron chi connectivity index (χ0n) is 20.0. The van der Waals surface area contributed by atoms with Crippen LogP contribution in [0, 0.1) is 0 Å². The molecule has 1 aliphatic heterocycles. The highest BCUT2D eigenvalue weighted by molar-refractivity contribution is 6.01. The maximum atomic E-state index is 13.2. The molecule has 0 saturated carbocycles. The second kappa shape index (κ2) is 10.6. The van der Waals surface area contributed by atoms with Gasteiger partial charge in [0.15, 0.2) is 0 Å². The van der Waals surface area contributed by atoms with Gasteiger partial charge in [0.1, 0.15) is 5.75 Å². The van der Waals surface area contributed by atoms with E-state index >= 15 is 0 Å². The molecular weight excluding hydrogens is 479 g/mol. The first-order valence-electron chi connectivity index (χ1n) is 12.2. The Bertz CT molecular complexity index is 1380. The van der Waals surface area contributed by atoms with Crippen LogP contribution in [0.1, 0.15) is 28.9 Å². The Morgan fingerprint density at radius 2 is 1.62 bits per heavy atom. The van der Waals surface area contributed by atoms with Crippen LogP contribution in [0.2, 0.25) is 0 Å². The number of carbonyl (C=O) groups excluding carboxylic acids is 1. The number of aromatic nitrogens is 1. The summed E-state index contributed by atoms with van der Waals surface area (Å²) < 4.78 is 41.3. The Labute approximate surface area is 212 Å². The van der Waals surface area contributed by atoms with Gasteiger partial charge in [-0.25, -0.2) is 0 Å². The van der Waals surface area contributed by atoms with Gasteiger partial charge in [0.25, 0.3) is 5.91 Å². The zero-order valence-corrected chi connectivity index (χ0v) is 20.0. The van der Waals surface area contributed by atoms with Crippen molar-refractivity contribution in [2.75, 3.05) is 13.1 Å². The van der Waals surface area contributed by atoms with E-state index in [2.05, 4.69) is 33.2 Å². The lowest BCUT2D eigenvalue weighted by Gasteiger charge is -2.32. The number of para-hydroxylation sites is 1. The van der Waals surface area contributed by atoms with Crippen LogP contribution < -0.4 is 10.1 Å². The fourth-order valence-corrected chi connectivity index (χ4v) is 4.69. The molecule has 3 aromatic carbocycles. The number of hydrogen-bond acceptors (Lipinski definition) is 4. The molecule has 0 unspecified atom stereocenters. The SMILES string of the molecule is O=C(NC1CCN(Cc2ccc3ccccc3n2)CC1)c1ccccc1-c1ccc(OC(F)(F)F)cc1. The normalized spacial score (nSPS) is 15.0. The second-order valence-corrected chi connectivity index (χ2v) is 9.14. The summed E-state index contributed by atoms with van der Waals surface area (Å²) in [5.41, 5.74) is 3.79. The van der Waals surface area contributed by atoms with Crippen molar-refractivity contribution in [3.63, 3.8) is 0 Å². The van der Waals surface area contributed by atoms with E-state index < -0.39 is 6.36 Å². The number of benzene rings is 3. The van der Waals surface area contributed by atoms with Crippen LogP contribution in [0.25, 0.3) is 22.0 Å². The van der Waals surface area contributed by atoms with Gasteiger partial charge in [-0.3, -0.25) is 14.7 Å². The van der Waals surface area contributed by atoms with Gasteiger partial charge in [-0.2, -0.15) is 0 Å². The van der Waals surface area contributed by atoms with Crippen molar-refractivity contribution in [3.05, 3.63) is 96.2 Å². The van der Waals surface area contributed by atoms with Gasteiger partial charge in [0.05, 0.1) is 11.2 Å². The lowest BCUT2D eigenvalue weighted by Crippen LogP contribution is -2.44. The number of carbonyl (C=O) groups is 1. The highest BCUT2D eigenvalue weighted by Crippen LogP contribution is 2.29. The highest BCUT2D eigenvalue weighted by atomic mass is 19.4. The van der Waals surface area contributed by atoms with E-state index in [4.69, 9.17) is 4.98 Å². The number of halogens is 3. The molecule has 0 bridgehead atoms. The summed E-state index contributed by atoms with van der Waals surface area (Å²) in [6.45, 7) is 2.46. The van der Waals surface area contributed by atoms with Gasteiger partial charge in [0, 0.05) is 36.6 Å². The summed E-state index contributed by atoms with van der Waals surface area (Å²) in [6, 6.07) is 24.9. The Balaban J connectivity index is 1.19. The average molecular weight is 506 g/mol. The van der Waals surface area contributed by atoms with Crippen LogP contribution in [0.3, 0.4) is 0 Å².